The van der Waals surface area contributed by atoms with Gasteiger partial charge in [0.15, 0.2) is 0 Å². The smallest absolute Gasteiger partial charge is 0.250 e. The van der Waals surface area contributed by atoms with Crippen molar-refractivity contribution in [1.82, 2.24) is 15.0 Å². The van der Waals surface area contributed by atoms with Gasteiger partial charge in [0.1, 0.15) is 4.21 Å². The third kappa shape index (κ3) is 5.02. The highest BCUT2D eigenvalue weighted by molar-refractivity contribution is 7.91. The number of nitrogens with one attached hydrogen (secondary N) is 2. The summed E-state index contributed by atoms with van der Waals surface area (Å²) in [7, 11) is -3.64. The Morgan fingerprint density at radius 1 is 1.35 bits per heavy atom. The van der Waals surface area contributed by atoms with Gasteiger partial charge in [0.05, 0.1) is 13.2 Å². The second-order valence-corrected chi connectivity index (χ2v) is 7.38. The molecule has 0 spiro atoms. The summed E-state index contributed by atoms with van der Waals surface area (Å²) in [5.74, 6) is 0.0194. The molecule has 2 rings (SSSR count). The first kappa shape index (κ1) is 17.4. The molecule has 0 radical (unpaired) electrons. The largest absolute Gasteiger partial charge is 0.478 e. The molecule has 2 N–H and O–H groups in total. The van der Waals surface area contributed by atoms with Crippen molar-refractivity contribution in [1.29, 1.82) is 0 Å². The summed E-state index contributed by atoms with van der Waals surface area (Å²) in [6.07, 6.45) is 1.60. The van der Waals surface area contributed by atoms with Gasteiger partial charge in [-0.2, -0.15) is 0 Å². The fourth-order valence-electron chi connectivity index (χ4n) is 1.73. The van der Waals surface area contributed by atoms with Crippen LogP contribution in [0.15, 0.2) is 40.1 Å². The Balaban J connectivity index is 1.86. The van der Waals surface area contributed by atoms with Crippen molar-refractivity contribution < 1.29 is 17.9 Å². The van der Waals surface area contributed by atoms with Crippen LogP contribution in [0.25, 0.3) is 0 Å². The van der Waals surface area contributed by atoms with Crippen LogP contribution in [-0.2, 0) is 21.4 Å². The van der Waals surface area contributed by atoms with Crippen LogP contribution in [-0.4, -0.2) is 32.5 Å². The minimum Gasteiger partial charge on any atom is -0.478 e. The maximum Gasteiger partial charge on any atom is 0.250 e. The van der Waals surface area contributed by atoms with Gasteiger partial charge in [-0.15, -0.1) is 11.3 Å². The highest BCUT2D eigenvalue weighted by atomic mass is 32.2. The molecule has 2 heterocycles. The highest BCUT2D eigenvalue weighted by Crippen LogP contribution is 2.15. The van der Waals surface area contributed by atoms with Crippen LogP contribution in [0.4, 0.5) is 0 Å². The molecular formula is C14H17N3O4S2. The molecule has 9 heteroatoms. The van der Waals surface area contributed by atoms with E-state index in [0.29, 0.717) is 12.5 Å². The van der Waals surface area contributed by atoms with Crippen molar-refractivity contribution in [3.8, 4) is 5.88 Å². The van der Waals surface area contributed by atoms with Crippen LogP contribution >= 0.6 is 11.3 Å². The van der Waals surface area contributed by atoms with Gasteiger partial charge in [0, 0.05) is 18.3 Å². The Labute approximate surface area is 138 Å². The molecule has 0 saturated carbocycles. The van der Waals surface area contributed by atoms with Crippen molar-refractivity contribution in [3.63, 3.8) is 0 Å². The van der Waals surface area contributed by atoms with E-state index in [1.807, 2.05) is 6.92 Å². The molecule has 0 aliphatic carbocycles. The van der Waals surface area contributed by atoms with E-state index < -0.39 is 15.9 Å². The number of ether oxygens (including phenoxy) is 1. The molecule has 23 heavy (non-hydrogen) atoms. The Kier molecular flexibility index (Phi) is 6.08. The first-order chi connectivity index (χ1) is 11.0. The first-order valence-corrected chi connectivity index (χ1v) is 9.25. The van der Waals surface area contributed by atoms with Crippen LogP contribution < -0.4 is 14.8 Å². The lowest BCUT2D eigenvalue weighted by atomic mass is 10.2. The third-order valence-corrected chi connectivity index (χ3v) is 5.59. The van der Waals surface area contributed by atoms with Gasteiger partial charge in [0.25, 0.3) is 10.0 Å². The molecule has 2 aromatic heterocycles. The zero-order valence-electron chi connectivity index (χ0n) is 12.5. The van der Waals surface area contributed by atoms with Gasteiger partial charge in [0.2, 0.25) is 11.8 Å². The summed E-state index contributed by atoms with van der Waals surface area (Å²) in [6.45, 7) is 2.20. The molecule has 0 saturated heterocycles. The fourth-order valence-corrected chi connectivity index (χ4v) is 3.75. The minimum atomic E-state index is -3.64. The number of pyridine rings is 1. The molecule has 0 atom stereocenters. The Bertz CT molecular complexity index is 745. The normalized spacial score (nSPS) is 11.2. The zero-order chi connectivity index (χ0) is 16.7. The second-order valence-electron chi connectivity index (χ2n) is 4.43. The highest BCUT2D eigenvalue weighted by Gasteiger charge is 2.16. The summed E-state index contributed by atoms with van der Waals surface area (Å²) in [6, 6.07) is 6.64. The molecule has 0 fully saturated rings. The van der Waals surface area contributed by atoms with Crippen molar-refractivity contribution >= 4 is 27.3 Å². The average molecular weight is 355 g/mol. The van der Waals surface area contributed by atoms with Gasteiger partial charge >= 0.3 is 0 Å². The number of aromatic nitrogens is 1. The molecule has 7 nitrogen and oxygen atoms in total. The minimum absolute atomic E-state index is 0.177. The number of amides is 1. The standard InChI is InChI=1S/C14H17N3O4S2/c1-2-21-14-11(5-3-7-15-14)9-16-12(18)10-17-23(19,20)13-6-4-8-22-13/h3-8,17H,2,9-10H2,1H3,(H,16,18). The monoisotopic (exact) mass is 355 g/mol. The van der Waals surface area contributed by atoms with Crippen LogP contribution in [0.3, 0.4) is 0 Å². The van der Waals surface area contributed by atoms with Crippen LogP contribution in [0, 0.1) is 0 Å². The number of rotatable bonds is 8. The quantitative estimate of drug-likeness (QED) is 0.740. The lowest BCUT2D eigenvalue weighted by Crippen LogP contribution is -2.36. The molecule has 0 bridgehead atoms. The van der Waals surface area contributed by atoms with E-state index in [1.54, 1.807) is 29.8 Å². The number of nitrogens with zero attached hydrogens (tertiary/aromatic N) is 1. The number of carbonyl (C=O) groups excluding carboxylic acids is 1. The van der Waals surface area contributed by atoms with E-state index in [4.69, 9.17) is 4.74 Å². The van der Waals surface area contributed by atoms with Gasteiger partial charge in [-0.3, -0.25) is 4.79 Å². The predicted octanol–water partition coefficient (Wildman–Crippen LogP) is 1.14. The maximum absolute atomic E-state index is 11.9. The Morgan fingerprint density at radius 2 is 2.17 bits per heavy atom. The number of hydrogen-bond acceptors (Lipinski definition) is 6. The van der Waals surface area contributed by atoms with E-state index in [1.165, 1.54) is 6.07 Å². The maximum atomic E-state index is 11.9. The van der Waals surface area contributed by atoms with Crippen molar-refractivity contribution in [2.75, 3.05) is 13.2 Å². The molecule has 0 unspecified atom stereocenters. The van der Waals surface area contributed by atoms with E-state index in [2.05, 4.69) is 15.0 Å². The predicted molar refractivity (Wildman–Crippen MR) is 86.8 cm³/mol. The molecule has 0 aliphatic rings. The third-order valence-electron chi connectivity index (χ3n) is 2.79. The molecule has 1 amide bonds. The van der Waals surface area contributed by atoms with Crippen molar-refractivity contribution in [3.05, 3.63) is 41.4 Å². The van der Waals surface area contributed by atoms with Gasteiger partial charge in [-0.05, 0) is 24.4 Å². The molecular weight excluding hydrogens is 338 g/mol. The molecule has 0 aliphatic heterocycles. The summed E-state index contributed by atoms with van der Waals surface area (Å²) >= 11 is 1.09. The second kappa shape index (κ2) is 8.04. The first-order valence-electron chi connectivity index (χ1n) is 6.89. The number of hydrogen-bond donors (Lipinski definition) is 2. The average Bonchev–Trinajstić information content (AvgIpc) is 3.08. The summed E-state index contributed by atoms with van der Waals surface area (Å²) in [5.41, 5.74) is 0.726. The van der Waals surface area contributed by atoms with E-state index in [9.17, 15) is 13.2 Å². The number of thiophene rings is 1. The van der Waals surface area contributed by atoms with Crippen molar-refractivity contribution in [2.24, 2.45) is 0 Å². The van der Waals surface area contributed by atoms with E-state index in [0.717, 1.165) is 16.9 Å². The Hall–Kier alpha value is -1.97. The van der Waals surface area contributed by atoms with Crippen LogP contribution in [0.2, 0.25) is 0 Å². The number of sulfonamides is 1. The van der Waals surface area contributed by atoms with E-state index in [-0.39, 0.29) is 17.3 Å². The lowest BCUT2D eigenvalue weighted by Gasteiger charge is -2.10. The van der Waals surface area contributed by atoms with Gasteiger partial charge in [-0.25, -0.2) is 18.1 Å². The molecule has 124 valence electrons. The summed E-state index contributed by atoms with van der Waals surface area (Å²) in [5, 5.41) is 4.29. The summed E-state index contributed by atoms with van der Waals surface area (Å²) in [4.78, 5) is 15.9. The van der Waals surface area contributed by atoms with Crippen molar-refractivity contribution in [2.45, 2.75) is 17.7 Å². The Morgan fingerprint density at radius 3 is 2.87 bits per heavy atom. The van der Waals surface area contributed by atoms with E-state index >= 15 is 0 Å². The van der Waals surface area contributed by atoms with Crippen LogP contribution in [0.5, 0.6) is 5.88 Å². The topological polar surface area (TPSA) is 97.4 Å². The SMILES string of the molecule is CCOc1ncccc1CNC(=O)CNS(=O)(=O)c1cccs1. The molecule has 2 aromatic rings. The lowest BCUT2D eigenvalue weighted by molar-refractivity contribution is -0.120. The van der Waals surface area contributed by atoms with Crippen LogP contribution in [0.1, 0.15) is 12.5 Å². The van der Waals surface area contributed by atoms with Gasteiger partial charge < -0.3 is 10.1 Å². The van der Waals surface area contributed by atoms with Gasteiger partial charge in [-0.1, -0.05) is 12.1 Å². The fraction of sp³-hybridized carbons (Fsp3) is 0.286. The summed E-state index contributed by atoms with van der Waals surface area (Å²) < 4.78 is 31.6. The molecule has 0 aromatic carbocycles. The number of carbonyl (C=O) groups is 1. The zero-order valence-corrected chi connectivity index (χ0v) is 14.1.